The summed E-state index contributed by atoms with van der Waals surface area (Å²) in [5.41, 5.74) is 1.80. The largest absolute Gasteiger partial charge is 0.493 e. The van der Waals surface area contributed by atoms with Crippen LogP contribution in [0.4, 0.5) is 0 Å². The van der Waals surface area contributed by atoms with Crippen molar-refractivity contribution in [1.29, 1.82) is 0 Å². The summed E-state index contributed by atoms with van der Waals surface area (Å²) in [4.78, 5) is 4.06. The van der Waals surface area contributed by atoms with Gasteiger partial charge in [0.05, 0.1) is 13.2 Å². The number of ether oxygens (including phenoxy) is 3. The average Bonchev–Trinajstić information content (AvgIpc) is 2.94. The Morgan fingerprint density at radius 2 is 2.10 bits per heavy atom. The predicted molar refractivity (Wildman–Crippen MR) is 71.9 cm³/mol. The number of benzene rings is 1. The van der Waals surface area contributed by atoms with Crippen LogP contribution in [-0.2, 0) is 13.0 Å². The van der Waals surface area contributed by atoms with Crippen molar-refractivity contribution in [3.63, 3.8) is 0 Å². The van der Waals surface area contributed by atoms with Crippen molar-refractivity contribution in [2.24, 2.45) is 0 Å². The van der Waals surface area contributed by atoms with E-state index in [4.69, 9.17) is 14.2 Å². The molecule has 0 unspecified atom stereocenters. The van der Waals surface area contributed by atoms with Gasteiger partial charge in [-0.15, -0.1) is 0 Å². The molecule has 104 valence electrons. The number of aromatic nitrogens is 1. The first kappa shape index (κ1) is 12.7. The van der Waals surface area contributed by atoms with Gasteiger partial charge in [-0.05, 0) is 17.7 Å². The van der Waals surface area contributed by atoms with Crippen LogP contribution in [-0.4, -0.2) is 23.5 Å². The van der Waals surface area contributed by atoms with Gasteiger partial charge in [-0.3, -0.25) is 4.98 Å². The van der Waals surface area contributed by atoms with Gasteiger partial charge < -0.3 is 19.3 Å². The van der Waals surface area contributed by atoms with Crippen LogP contribution in [0.5, 0.6) is 17.2 Å². The van der Waals surface area contributed by atoms with Gasteiger partial charge in [0, 0.05) is 30.4 Å². The van der Waals surface area contributed by atoms with Crippen molar-refractivity contribution in [2.75, 3.05) is 13.4 Å². The van der Waals surface area contributed by atoms with Gasteiger partial charge in [-0.25, -0.2) is 0 Å². The molecular formula is C15H15NO4. The van der Waals surface area contributed by atoms with E-state index in [1.165, 1.54) is 0 Å². The fraction of sp³-hybridized carbons (Fsp3) is 0.267. The molecule has 1 aromatic heterocycles. The summed E-state index contributed by atoms with van der Waals surface area (Å²) in [5.74, 6) is 1.92. The Balaban J connectivity index is 1.68. The normalized spacial score (nSPS) is 12.4. The lowest BCUT2D eigenvalue weighted by molar-refractivity contribution is 0.173. The lowest BCUT2D eigenvalue weighted by atomic mass is 10.2. The minimum Gasteiger partial charge on any atom is -0.493 e. The van der Waals surface area contributed by atoms with E-state index in [-0.39, 0.29) is 13.4 Å². The molecule has 0 spiro atoms. The minimum atomic E-state index is -0.0983. The van der Waals surface area contributed by atoms with E-state index in [1.54, 1.807) is 18.3 Å². The number of fused-ring (bicyclic) bond motifs is 1. The first-order valence-electron chi connectivity index (χ1n) is 6.42. The van der Waals surface area contributed by atoms with Crippen molar-refractivity contribution < 1.29 is 19.3 Å². The van der Waals surface area contributed by atoms with Crippen LogP contribution in [0.2, 0.25) is 0 Å². The highest BCUT2D eigenvalue weighted by atomic mass is 16.7. The van der Waals surface area contributed by atoms with E-state index in [0.717, 1.165) is 12.0 Å². The van der Waals surface area contributed by atoms with E-state index in [9.17, 15) is 5.11 Å². The molecule has 0 aliphatic carbocycles. The standard InChI is InChI=1S/C15H15NO4/c17-9-12-6-14-15(20-10-19-14)7-13(12)18-5-3-11-2-1-4-16-8-11/h1-2,4,6-8,17H,3,5,9-10H2. The third kappa shape index (κ3) is 2.67. The number of pyridine rings is 1. The lowest BCUT2D eigenvalue weighted by Gasteiger charge is -2.11. The van der Waals surface area contributed by atoms with Crippen LogP contribution in [0.1, 0.15) is 11.1 Å². The Morgan fingerprint density at radius 3 is 2.85 bits per heavy atom. The van der Waals surface area contributed by atoms with Crippen LogP contribution < -0.4 is 14.2 Å². The van der Waals surface area contributed by atoms with Crippen LogP contribution in [0, 0.1) is 0 Å². The maximum absolute atomic E-state index is 9.38. The molecule has 0 amide bonds. The molecule has 0 radical (unpaired) electrons. The number of nitrogens with zero attached hydrogens (tertiary/aromatic N) is 1. The average molecular weight is 273 g/mol. The molecule has 2 aromatic rings. The molecule has 1 aliphatic heterocycles. The fourth-order valence-electron chi connectivity index (χ4n) is 2.05. The molecule has 5 heteroatoms. The number of rotatable bonds is 5. The van der Waals surface area contributed by atoms with Crippen LogP contribution in [0.3, 0.4) is 0 Å². The molecule has 0 fully saturated rings. The summed E-state index contributed by atoms with van der Waals surface area (Å²) in [6, 6.07) is 7.41. The topological polar surface area (TPSA) is 60.8 Å². The predicted octanol–water partition coefficient (Wildman–Crippen LogP) is 1.92. The molecule has 1 aromatic carbocycles. The fourth-order valence-corrected chi connectivity index (χ4v) is 2.05. The quantitative estimate of drug-likeness (QED) is 0.902. The summed E-state index contributed by atoms with van der Waals surface area (Å²) in [6.07, 6.45) is 4.31. The molecule has 0 saturated carbocycles. The second-order valence-corrected chi connectivity index (χ2v) is 4.43. The van der Waals surface area contributed by atoms with Crippen molar-refractivity contribution in [1.82, 2.24) is 4.98 Å². The van der Waals surface area contributed by atoms with E-state index < -0.39 is 0 Å². The van der Waals surface area contributed by atoms with Crippen molar-refractivity contribution >= 4 is 0 Å². The molecule has 2 heterocycles. The molecule has 3 rings (SSSR count). The Morgan fingerprint density at radius 1 is 1.25 bits per heavy atom. The molecule has 0 bridgehead atoms. The summed E-state index contributed by atoms with van der Waals surface area (Å²) in [7, 11) is 0. The SMILES string of the molecule is OCc1cc2c(cc1OCCc1cccnc1)OCO2. The van der Waals surface area contributed by atoms with Crippen LogP contribution in [0.25, 0.3) is 0 Å². The zero-order valence-electron chi connectivity index (χ0n) is 10.9. The zero-order valence-corrected chi connectivity index (χ0v) is 10.9. The van der Waals surface area contributed by atoms with Gasteiger partial charge in [0.25, 0.3) is 0 Å². The van der Waals surface area contributed by atoms with Crippen molar-refractivity contribution in [2.45, 2.75) is 13.0 Å². The van der Waals surface area contributed by atoms with Gasteiger partial charge in [-0.1, -0.05) is 6.07 Å². The van der Waals surface area contributed by atoms with Gasteiger partial charge in [0.2, 0.25) is 6.79 Å². The maximum Gasteiger partial charge on any atom is 0.231 e. The summed E-state index contributed by atoms with van der Waals surface area (Å²) in [5, 5.41) is 9.38. The van der Waals surface area contributed by atoms with Crippen LogP contribution >= 0.6 is 0 Å². The summed E-state index contributed by atoms with van der Waals surface area (Å²) < 4.78 is 16.3. The lowest BCUT2D eigenvalue weighted by Crippen LogP contribution is -2.03. The highest BCUT2D eigenvalue weighted by Gasteiger charge is 2.17. The van der Waals surface area contributed by atoms with Gasteiger partial charge in [-0.2, -0.15) is 0 Å². The highest BCUT2D eigenvalue weighted by Crippen LogP contribution is 2.38. The van der Waals surface area contributed by atoms with Gasteiger partial charge in [0.1, 0.15) is 5.75 Å². The monoisotopic (exact) mass is 273 g/mol. The Hall–Kier alpha value is -2.27. The smallest absolute Gasteiger partial charge is 0.231 e. The van der Waals surface area contributed by atoms with E-state index in [2.05, 4.69) is 4.98 Å². The maximum atomic E-state index is 9.38. The summed E-state index contributed by atoms with van der Waals surface area (Å²) >= 11 is 0. The van der Waals surface area contributed by atoms with E-state index in [0.29, 0.717) is 29.4 Å². The first-order valence-corrected chi connectivity index (χ1v) is 6.42. The molecule has 0 atom stereocenters. The first-order chi connectivity index (χ1) is 9.86. The number of aliphatic hydroxyl groups is 1. The third-order valence-corrected chi connectivity index (χ3v) is 3.10. The molecule has 1 N–H and O–H groups in total. The highest BCUT2D eigenvalue weighted by molar-refractivity contribution is 5.51. The van der Waals surface area contributed by atoms with Gasteiger partial charge in [0.15, 0.2) is 11.5 Å². The van der Waals surface area contributed by atoms with Crippen molar-refractivity contribution in [3.8, 4) is 17.2 Å². The molecule has 0 saturated heterocycles. The Kier molecular flexibility index (Phi) is 3.69. The number of hydrogen-bond donors (Lipinski definition) is 1. The third-order valence-electron chi connectivity index (χ3n) is 3.10. The molecule has 1 aliphatic rings. The molecular weight excluding hydrogens is 258 g/mol. The number of aliphatic hydroxyl groups excluding tert-OH is 1. The van der Waals surface area contributed by atoms with Gasteiger partial charge >= 0.3 is 0 Å². The minimum absolute atomic E-state index is 0.0983. The second-order valence-electron chi connectivity index (χ2n) is 4.43. The number of hydrogen-bond acceptors (Lipinski definition) is 5. The Bertz CT molecular complexity index is 586. The summed E-state index contributed by atoms with van der Waals surface area (Å²) in [6.45, 7) is 0.622. The Labute approximate surface area is 116 Å². The van der Waals surface area contributed by atoms with Crippen molar-refractivity contribution in [3.05, 3.63) is 47.8 Å². The van der Waals surface area contributed by atoms with E-state index in [1.807, 2.05) is 18.3 Å². The van der Waals surface area contributed by atoms with E-state index >= 15 is 0 Å². The molecule has 20 heavy (non-hydrogen) atoms. The zero-order chi connectivity index (χ0) is 13.8. The second kappa shape index (κ2) is 5.79. The molecule has 5 nitrogen and oxygen atoms in total. The van der Waals surface area contributed by atoms with Crippen LogP contribution in [0.15, 0.2) is 36.7 Å².